The van der Waals surface area contributed by atoms with Crippen molar-refractivity contribution in [2.45, 2.75) is 56.3 Å². The van der Waals surface area contributed by atoms with Crippen LogP contribution in [-0.2, 0) is 27.2 Å². The number of hydrogen-bond acceptors (Lipinski definition) is 9. The van der Waals surface area contributed by atoms with Crippen LogP contribution in [0.1, 0.15) is 42.4 Å². The number of aliphatic hydroxyl groups excluding tert-OH is 2. The zero-order valence-corrected chi connectivity index (χ0v) is 23.2. The molecule has 41 heavy (non-hydrogen) atoms. The Bertz CT molecular complexity index is 1380. The van der Waals surface area contributed by atoms with E-state index in [-0.39, 0.29) is 48.8 Å². The lowest BCUT2D eigenvalue weighted by molar-refractivity contribution is -0.153. The Hall–Kier alpha value is -3.58. The summed E-state index contributed by atoms with van der Waals surface area (Å²) < 4.78 is 37.9. The molecule has 13 heteroatoms. The van der Waals surface area contributed by atoms with Crippen molar-refractivity contribution in [2.24, 2.45) is 17.6 Å². The number of rotatable bonds is 7. The van der Waals surface area contributed by atoms with Gasteiger partial charge in [0.05, 0.1) is 11.6 Å². The highest BCUT2D eigenvalue weighted by Gasteiger charge is 2.64. The number of amides is 1. The number of unbranched alkanes of at least 4 members (excludes halogenated alkanes) is 1. The molecule has 0 aliphatic heterocycles. The second kappa shape index (κ2) is 10.4. The Morgan fingerprint density at radius 2 is 1.76 bits per heavy atom. The van der Waals surface area contributed by atoms with Crippen molar-refractivity contribution in [2.75, 3.05) is 33.1 Å². The maximum Gasteiger partial charge on any atom is 0.389 e. The maximum absolute atomic E-state index is 14.0. The second-order valence-electron chi connectivity index (χ2n) is 11.4. The Morgan fingerprint density at radius 3 is 2.29 bits per heavy atom. The molecule has 10 nitrogen and oxygen atoms in total. The van der Waals surface area contributed by atoms with Crippen LogP contribution < -0.4 is 10.6 Å². The van der Waals surface area contributed by atoms with Gasteiger partial charge in [0.2, 0.25) is 5.78 Å². The number of fused-ring (bicyclic) bond motifs is 3. The van der Waals surface area contributed by atoms with Gasteiger partial charge >= 0.3 is 6.18 Å². The minimum Gasteiger partial charge on any atom is -0.508 e. The van der Waals surface area contributed by atoms with Crippen LogP contribution in [0, 0.1) is 11.8 Å². The third-order valence-corrected chi connectivity index (χ3v) is 8.41. The normalized spacial score (nSPS) is 26.2. The van der Waals surface area contributed by atoms with Crippen LogP contribution in [0.5, 0.6) is 5.75 Å². The highest BCUT2D eigenvalue weighted by Crippen LogP contribution is 2.54. The van der Waals surface area contributed by atoms with E-state index in [0.717, 1.165) is 0 Å². The second-order valence-corrected chi connectivity index (χ2v) is 11.4. The molecule has 3 aliphatic rings. The van der Waals surface area contributed by atoms with E-state index in [9.17, 15) is 48.0 Å². The van der Waals surface area contributed by atoms with Gasteiger partial charge in [0, 0.05) is 37.7 Å². The van der Waals surface area contributed by atoms with Crippen LogP contribution in [0.15, 0.2) is 23.0 Å². The van der Waals surface area contributed by atoms with Gasteiger partial charge in [-0.25, -0.2) is 0 Å². The first-order valence-corrected chi connectivity index (χ1v) is 13.2. The highest BCUT2D eigenvalue weighted by molar-refractivity contribution is 6.24. The van der Waals surface area contributed by atoms with Crippen LogP contribution >= 0.6 is 0 Å². The quantitative estimate of drug-likeness (QED) is 0.240. The lowest BCUT2D eigenvalue weighted by Crippen LogP contribution is -2.65. The number of Topliss-reactive ketones (excluding diaryl/α,β-unsaturated/α-hetero) is 2. The number of carbonyl (C=O) groups excluding carboxylic acids is 3. The molecule has 1 saturated carbocycles. The number of halogens is 3. The van der Waals surface area contributed by atoms with Gasteiger partial charge in [-0.3, -0.25) is 19.3 Å². The van der Waals surface area contributed by atoms with E-state index in [1.165, 1.54) is 19.0 Å². The fourth-order valence-electron chi connectivity index (χ4n) is 6.58. The molecule has 3 aliphatic carbocycles. The van der Waals surface area contributed by atoms with Gasteiger partial charge in [-0.05, 0) is 69.3 Å². The molecule has 1 amide bonds. The summed E-state index contributed by atoms with van der Waals surface area (Å²) in [4.78, 5) is 42.4. The number of alkyl halides is 3. The van der Waals surface area contributed by atoms with E-state index < -0.39 is 76.4 Å². The zero-order chi connectivity index (χ0) is 30.8. The first-order valence-electron chi connectivity index (χ1n) is 13.2. The summed E-state index contributed by atoms with van der Waals surface area (Å²) in [6.07, 6.45) is -5.21. The Kier molecular flexibility index (Phi) is 7.67. The molecule has 0 spiro atoms. The molecule has 0 radical (unpaired) electrons. The van der Waals surface area contributed by atoms with E-state index in [1.807, 2.05) is 0 Å². The number of phenols is 1. The molecule has 4 rings (SSSR count). The van der Waals surface area contributed by atoms with Crippen molar-refractivity contribution in [3.8, 4) is 5.75 Å². The lowest BCUT2D eigenvalue weighted by Gasteiger charge is -2.50. The molecule has 224 valence electrons. The molecule has 0 aromatic heterocycles. The van der Waals surface area contributed by atoms with E-state index in [2.05, 4.69) is 0 Å². The van der Waals surface area contributed by atoms with Crippen LogP contribution in [0.25, 0.3) is 5.76 Å². The van der Waals surface area contributed by atoms with Crippen molar-refractivity contribution >= 4 is 28.9 Å². The predicted molar refractivity (Wildman–Crippen MR) is 142 cm³/mol. The highest BCUT2D eigenvalue weighted by atomic mass is 19.4. The number of anilines is 1. The smallest absolute Gasteiger partial charge is 0.389 e. The average Bonchev–Trinajstić information content (AvgIpc) is 2.83. The maximum atomic E-state index is 14.0. The van der Waals surface area contributed by atoms with E-state index in [4.69, 9.17) is 5.73 Å². The van der Waals surface area contributed by atoms with Gasteiger partial charge in [0.15, 0.2) is 11.4 Å². The number of aliphatic hydroxyl groups is 3. The molecule has 1 aromatic carbocycles. The van der Waals surface area contributed by atoms with Gasteiger partial charge < -0.3 is 31.1 Å². The Balaban J connectivity index is 1.87. The van der Waals surface area contributed by atoms with E-state index >= 15 is 0 Å². The molecule has 1 aromatic rings. The minimum atomic E-state index is -4.31. The number of aryl methyl sites for hydroxylation is 1. The summed E-state index contributed by atoms with van der Waals surface area (Å²) in [5, 5.41) is 45.3. The summed E-state index contributed by atoms with van der Waals surface area (Å²) in [6.45, 7) is 0. The van der Waals surface area contributed by atoms with Crippen LogP contribution in [0.3, 0.4) is 0 Å². The summed E-state index contributed by atoms with van der Waals surface area (Å²) in [5.74, 6) is -7.41. The number of aromatic hydroxyl groups is 1. The van der Waals surface area contributed by atoms with Gasteiger partial charge in [0.25, 0.3) is 5.91 Å². The van der Waals surface area contributed by atoms with Crippen molar-refractivity contribution in [1.29, 1.82) is 0 Å². The number of carbonyl (C=O) groups is 3. The Morgan fingerprint density at radius 1 is 1.12 bits per heavy atom. The molecular weight excluding hydrogens is 547 g/mol. The number of phenolic OH excluding ortho intramolecular Hbond substituents is 1. The molecule has 0 heterocycles. The number of benzene rings is 1. The number of nitrogens with two attached hydrogens (primary N) is 1. The zero-order valence-electron chi connectivity index (χ0n) is 23.2. The van der Waals surface area contributed by atoms with Gasteiger partial charge in [0.1, 0.15) is 22.8 Å². The van der Waals surface area contributed by atoms with Crippen LogP contribution in [-0.4, -0.2) is 88.8 Å². The predicted octanol–water partition coefficient (Wildman–Crippen LogP) is 2.31. The first-order chi connectivity index (χ1) is 18.9. The standard InChI is InChI=1S/C28H34F3N3O7/c1-33(2)16-11-12(7-5-6-8-27(29,30)31)21(35)18-14(16)9-13-10-15-20(34(3)4)23(37)19(26(32)40)25(39)28(15,41)24(38)17(13)22(18)36/h11,13,15,20,35-36,39,41H,5-10H2,1-4H3,(H2,32,40)/t13-,15-,20-,28-/m0/s1. The fraction of sp³-hybridized carbons (Fsp3) is 0.536. The molecule has 1 fully saturated rings. The van der Waals surface area contributed by atoms with Crippen molar-refractivity contribution in [3.05, 3.63) is 39.7 Å². The van der Waals surface area contributed by atoms with Gasteiger partial charge in [-0.1, -0.05) is 0 Å². The molecular formula is C28H34F3N3O7. The minimum absolute atomic E-state index is 0.0431. The molecule has 6 N–H and O–H groups in total. The van der Waals surface area contributed by atoms with Gasteiger partial charge in [-0.15, -0.1) is 0 Å². The topological polar surface area (TPSA) is 165 Å². The van der Waals surface area contributed by atoms with Gasteiger partial charge in [-0.2, -0.15) is 13.2 Å². The summed E-state index contributed by atoms with van der Waals surface area (Å²) in [6, 6.07) is 0.454. The molecule has 0 unspecified atom stereocenters. The SMILES string of the molecule is CN(C)c1cc(CCCCC(F)(F)F)c(O)c2c1C[C@H]1C[C@H]3[C@H](N(C)C)C(=O)C(C(N)=O)=C(O)[C@@]3(O)C(=O)C1=C2O. The fourth-order valence-corrected chi connectivity index (χ4v) is 6.58. The number of ketones is 2. The third-order valence-electron chi connectivity index (χ3n) is 8.41. The average molecular weight is 582 g/mol. The largest absolute Gasteiger partial charge is 0.508 e. The summed E-state index contributed by atoms with van der Waals surface area (Å²) >= 11 is 0. The lowest BCUT2D eigenvalue weighted by atomic mass is 9.57. The summed E-state index contributed by atoms with van der Waals surface area (Å²) in [5.41, 5.74) is 2.65. The van der Waals surface area contributed by atoms with Crippen molar-refractivity contribution in [1.82, 2.24) is 4.90 Å². The molecule has 4 atom stereocenters. The number of nitrogens with zero attached hydrogens (tertiary/aromatic N) is 2. The van der Waals surface area contributed by atoms with Crippen LogP contribution in [0.2, 0.25) is 0 Å². The number of hydrogen-bond donors (Lipinski definition) is 5. The summed E-state index contributed by atoms with van der Waals surface area (Å²) in [7, 11) is 6.48. The monoisotopic (exact) mass is 581 g/mol. The molecule has 0 saturated heterocycles. The van der Waals surface area contributed by atoms with E-state index in [0.29, 0.717) is 11.3 Å². The number of likely N-dealkylation sites (N-methyl/N-ethyl adjacent to an activating group) is 1. The van der Waals surface area contributed by atoms with Crippen molar-refractivity contribution in [3.63, 3.8) is 0 Å². The third kappa shape index (κ3) is 4.84. The number of primary amides is 1. The Labute approximate surface area is 234 Å². The van der Waals surface area contributed by atoms with Crippen LogP contribution in [0.4, 0.5) is 18.9 Å². The first kappa shape index (κ1) is 30.4. The molecule has 0 bridgehead atoms. The van der Waals surface area contributed by atoms with E-state index in [1.54, 1.807) is 25.1 Å². The van der Waals surface area contributed by atoms with Crippen molar-refractivity contribution < 1.29 is 48.0 Å².